The molecule has 0 bridgehead atoms. The van der Waals surface area contributed by atoms with Crippen LogP contribution in [0.15, 0.2) is 42.5 Å². The van der Waals surface area contributed by atoms with Crippen LogP contribution in [-0.2, 0) is 13.1 Å². The molecular weight excluding hydrogens is 445 g/mol. The van der Waals surface area contributed by atoms with Crippen molar-refractivity contribution in [2.24, 2.45) is 11.7 Å². The summed E-state index contributed by atoms with van der Waals surface area (Å²) in [5.41, 5.74) is 9.17. The Hall–Kier alpha value is -3.39. The van der Waals surface area contributed by atoms with Crippen molar-refractivity contribution in [3.63, 3.8) is 0 Å². The van der Waals surface area contributed by atoms with E-state index < -0.39 is 11.7 Å². The second-order valence-corrected chi connectivity index (χ2v) is 9.08. The van der Waals surface area contributed by atoms with Gasteiger partial charge in [-0.15, -0.1) is 0 Å². The quantitative estimate of drug-likeness (QED) is 0.588. The maximum Gasteiger partial charge on any atom is 0.322 e. The van der Waals surface area contributed by atoms with E-state index in [9.17, 15) is 14.0 Å². The van der Waals surface area contributed by atoms with E-state index in [2.05, 4.69) is 10.4 Å². The molecule has 3 aromatic rings. The molecule has 1 aliphatic carbocycles. The summed E-state index contributed by atoms with van der Waals surface area (Å²) in [4.78, 5) is 27.5. The Morgan fingerprint density at radius 3 is 2.55 bits per heavy atom. The molecule has 2 aliphatic rings. The van der Waals surface area contributed by atoms with Crippen molar-refractivity contribution < 1.29 is 14.0 Å². The molecule has 0 saturated heterocycles. The number of rotatable bonds is 4. The average molecular weight is 468 g/mol. The summed E-state index contributed by atoms with van der Waals surface area (Å²) >= 11 is 5.96. The highest BCUT2D eigenvalue weighted by Gasteiger charge is 2.42. The molecule has 1 saturated carbocycles. The Balaban J connectivity index is 1.51. The van der Waals surface area contributed by atoms with Gasteiger partial charge in [0, 0.05) is 11.3 Å². The number of amides is 3. The lowest BCUT2D eigenvalue weighted by Crippen LogP contribution is -2.49. The van der Waals surface area contributed by atoms with Gasteiger partial charge in [-0.2, -0.15) is 5.10 Å². The number of nitrogens with one attached hydrogen (secondary N) is 1. The van der Waals surface area contributed by atoms with E-state index in [4.69, 9.17) is 17.3 Å². The predicted molar refractivity (Wildman–Crippen MR) is 123 cm³/mol. The molecule has 1 fully saturated rings. The lowest BCUT2D eigenvalue weighted by atomic mass is 10.0. The standard InChI is InChI=1S/C24H23ClFN5O2/c1-13-2-7-16(8-3-13)28-24(33)30-11-20-21(23(27)32)22(15-6-9-18(26)17(25)10-15)29-31(20)12-19(30)14-4-5-14/h2-3,6-10,14,19H,4-5,11-12H2,1H3,(H2,27,32)(H,28,33). The largest absolute Gasteiger partial charge is 0.365 e. The van der Waals surface area contributed by atoms with Gasteiger partial charge in [0.25, 0.3) is 5.91 Å². The molecule has 5 rings (SSSR count). The number of carbonyl (C=O) groups excluding carboxylic acids is 2. The molecule has 0 spiro atoms. The van der Waals surface area contributed by atoms with Crippen molar-refractivity contribution in [3.05, 3.63) is 70.1 Å². The lowest BCUT2D eigenvalue weighted by Gasteiger charge is -2.36. The van der Waals surface area contributed by atoms with Crippen molar-refractivity contribution in [1.82, 2.24) is 14.7 Å². The Labute approximate surface area is 195 Å². The normalized spacial score (nSPS) is 17.5. The van der Waals surface area contributed by atoms with Gasteiger partial charge in [-0.05, 0) is 56.0 Å². The van der Waals surface area contributed by atoms with E-state index >= 15 is 0 Å². The van der Waals surface area contributed by atoms with Gasteiger partial charge in [0.05, 0.1) is 35.4 Å². The van der Waals surface area contributed by atoms with E-state index in [0.29, 0.717) is 35.1 Å². The van der Waals surface area contributed by atoms with E-state index in [-0.39, 0.29) is 29.2 Å². The molecule has 1 unspecified atom stereocenters. The summed E-state index contributed by atoms with van der Waals surface area (Å²) in [5.74, 6) is -0.833. The third-order valence-electron chi connectivity index (χ3n) is 6.31. The van der Waals surface area contributed by atoms with Crippen molar-refractivity contribution in [2.45, 2.75) is 38.9 Å². The highest BCUT2D eigenvalue weighted by molar-refractivity contribution is 6.31. The molecule has 2 aromatic carbocycles. The van der Waals surface area contributed by atoms with Gasteiger partial charge >= 0.3 is 6.03 Å². The molecule has 1 aromatic heterocycles. The fourth-order valence-electron chi connectivity index (χ4n) is 4.41. The zero-order chi connectivity index (χ0) is 23.3. The van der Waals surface area contributed by atoms with Gasteiger partial charge in [-0.25, -0.2) is 9.18 Å². The summed E-state index contributed by atoms with van der Waals surface area (Å²) in [6, 6.07) is 11.5. The number of hydrogen-bond acceptors (Lipinski definition) is 3. The molecule has 9 heteroatoms. The lowest BCUT2D eigenvalue weighted by molar-refractivity contribution is 0.0993. The number of hydrogen-bond donors (Lipinski definition) is 2. The smallest absolute Gasteiger partial charge is 0.322 e. The first-order valence-electron chi connectivity index (χ1n) is 10.8. The van der Waals surface area contributed by atoms with Crippen LogP contribution in [0.2, 0.25) is 5.02 Å². The van der Waals surface area contributed by atoms with Gasteiger partial charge in [-0.3, -0.25) is 9.48 Å². The molecular formula is C24H23ClFN5O2. The summed E-state index contributed by atoms with van der Waals surface area (Å²) in [7, 11) is 0. The number of aromatic nitrogens is 2. The van der Waals surface area contributed by atoms with E-state index in [1.54, 1.807) is 9.58 Å². The van der Waals surface area contributed by atoms with Crippen LogP contribution >= 0.6 is 11.6 Å². The molecule has 1 aliphatic heterocycles. The molecule has 1 atom stereocenters. The van der Waals surface area contributed by atoms with E-state index in [0.717, 1.165) is 18.4 Å². The Morgan fingerprint density at radius 1 is 1.18 bits per heavy atom. The number of nitrogens with zero attached hydrogens (tertiary/aromatic N) is 3. The van der Waals surface area contributed by atoms with Gasteiger partial charge in [-0.1, -0.05) is 29.3 Å². The number of halogens is 2. The van der Waals surface area contributed by atoms with Crippen LogP contribution in [0.1, 0.15) is 34.5 Å². The minimum Gasteiger partial charge on any atom is -0.365 e. The minimum atomic E-state index is -0.657. The van der Waals surface area contributed by atoms with Crippen molar-refractivity contribution in [3.8, 4) is 11.3 Å². The number of nitrogens with two attached hydrogens (primary N) is 1. The first-order valence-corrected chi connectivity index (χ1v) is 11.2. The monoisotopic (exact) mass is 467 g/mol. The topological polar surface area (TPSA) is 93.2 Å². The molecule has 170 valence electrons. The number of aryl methyl sites for hydroxylation is 1. The van der Waals surface area contributed by atoms with Crippen LogP contribution in [-0.4, -0.2) is 32.7 Å². The molecule has 3 amide bonds. The predicted octanol–water partition coefficient (Wildman–Crippen LogP) is 4.58. The van der Waals surface area contributed by atoms with Gasteiger partial charge in [0.1, 0.15) is 11.5 Å². The number of urea groups is 1. The fourth-order valence-corrected chi connectivity index (χ4v) is 4.59. The van der Waals surface area contributed by atoms with Crippen LogP contribution in [0.25, 0.3) is 11.3 Å². The van der Waals surface area contributed by atoms with Crippen LogP contribution in [0, 0.1) is 18.7 Å². The molecule has 7 nitrogen and oxygen atoms in total. The highest BCUT2D eigenvalue weighted by atomic mass is 35.5. The van der Waals surface area contributed by atoms with Crippen LogP contribution in [0.5, 0.6) is 0 Å². The van der Waals surface area contributed by atoms with E-state index in [1.165, 1.54) is 18.2 Å². The first kappa shape index (κ1) is 21.5. The van der Waals surface area contributed by atoms with Gasteiger partial charge in [0.2, 0.25) is 0 Å². The Bertz CT molecular complexity index is 1250. The van der Waals surface area contributed by atoms with Crippen LogP contribution in [0.3, 0.4) is 0 Å². The third-order valence-corrected chi connectivity index (χ3v) is 6.60. The highest BCUT2D eigenvalue weighted by Crippen LogP contribution is 2.40. The molecule has 33 heavy (non-hydrogen) atoms. The van der Waals surface area contributed by atoms with Crippen LogP contribution in [0.4, 0.5) is 14.9 Å². The number of fused-ring (bicyclic) bond motifs is 1. The van der Waals surface area contributed by atoms with Crippen molar-refractivity contribution in [2.75, 3.05) is 5.32 Å². The maximum absolute atomic E-state index is 13.7. The summed E-state index contributed by atoms with van der Waals surface area (Å²) in [6.45, 7) is 2.63. The second-order valence-electron chi connectivity index (χ2n) is 8.67. The number of anilines is 1. The summed E-state index contributed by atoms with van der Waals surface area (Å²) in [6.07, 6.45) is 2.08. The van der Waals surface area contributed by atoms with Crippen molar-refractivity contribution in [1.29, 1.82) is 0 Å². The van der Waals surface area contributed by atoms with Gasteiger partial charge in [0.15, 0.2) is 0 Å². The summed E-state index contributed by atoms with van der Waals surface area (Å²) < 4.78 is 15.4. The average Bonchev–Trinajstić information content (AvgIpc) is 3.56. The second kappa shape index (κ2) is 8.19. The maximum atomic E-state index is 13.7. The van der Waals surface area contributed by atoms with Crippen LogP contribution < -0.4 is 11.1 Å². The van der Waals surface area contributed by atoms with E-state index in [1.807, 2.05) is 31.2 Å². The number of carbonyl (C=O) groups is 2. The van der Waals surface area contributed by atoms with Crippen molar-refractivity contribution >= 4 is 29.2 Å². The van der Waals surface area contributed by atoms with Gasteiger partial charge < -0.3 is 16.0 Å². The minimum absolute atomic E-state index is 0.0479. The fraction of sp³-hybridized carbons (Fsp3) is 0.292. The number of primary amides is 1. The zero-order valence-corrected chi connectivity index (χ0v) is 18.8. The summed E-state index contributed by atoms with van der Waals surface area (Å²) in [5, 5.41) is 7.54. The Morgan fingerprint density at radius 2 is 1.91 bits per heavy atom. The molecule has 0 radical (unpaired) electrons. The first-order chi connectivity index (χ1) is 15.8. The molecule has 2 heterocycles. The SMILES string of the molecule is Cc1ccc(NC(=O)N2Cc3c(C(N)=O)c(-c4ccc(F)c(Cl)c4)nn3CC2C2CC2)cc1. The third kappa shape index (κ3) is 4.06. The number of benzene rings is 2. The molecule has 3 N–H and O–H groups in total. The Kier molecular flexibility index (Phi) is 5.32. The zero-order valence-electron chi connectivity index (χ0n) is 18.0.